The van der Waals surface area contributed by atoms with Gasteiger partial charge < -0.3 is 4.74 Å². The molecule has 1 aromatic carbocycles. The Bertz CT molecular complexity index is 540. The van der Waals surface area contributed by atoms with Crippen LogP contribution in [0.5, 0.6) is 0 Å². The normalized spacial score (nSPS) is 12.4. The largest absolute Gasteiger partial charge is 0.465 e. The molecule has 0 aliphatic rings. The van der Waals surface area contributed by atoms with Gasteiger partial charge in [0.25, 0.3) is 0 Å². The number of nitrogens with zero attached hydrogens (tertiary/aromatic N) is 1. The topological polar surface area (TPSA) is 50.1 Å². The first kappa shape index (κ1) is 15.0. The van der Waals surface area contributed by atoms with E-state index in [9.17, 15) is 4.79 Å². The SMILES string of the molecule is COC(=O)c1ccc(/C(=C(/C)C#N)C(C)(C)C)cc1. The maximum atomic E-state index is 11.4. The molecule has 1 rings (SSSR count). The highest BCUT2D eigenvalue weighted by molar-refractivity contribution is 5.90. The number of nitriles is 1. The van der Waals surface area contributed by atoms with E-state index in [1.165, 1.54) is 7.11 Å². The van der Waals surface area contributed by atoms with Crippen LogP contribution in [0.2, 0.25) is 0 Å². The van der Waals surface area contributed by atoms with Crippen molar-refractivity contribution in [3.05, 3.63) is 41.0 Å². The molecule has 100 valence electrons. The molecule has 0 atom stereocenters. The summed E-state index contributed by atoms with van der Waals surface area (Å²) < 4.78 is 4.67. The highest BCUT2D eigenvalue weighted by Gasteiger charge is 2.21. The van der Waals surface area contributed by atoms with Crippen molar-refractivity contribution in [1.82, 2.24) is 0 Å². The van der Waals surface area contributed by atoms with Gasteiger partial charge in [-0.3, -0.25) is 0 Å². The first-order valence-corrected chi connectivity index (χ1v) is 6.11. The molecule has 0 radical (unpaired) electrons. The second-order valence-electron chi connectivity index (χ2n) is 5.43. The molecule has 0 bridgehead atoms. The van der Waals surface area contributed by atoms with E-state index in [0.717, 1.165) is 11.1 Å². The summed E-state index contributed by atoms with van der Waals surface area (Å²) in [6.07, 6.45) is 0. The average molecular weight is 257 g/mol. The van der Waals surface area contributed by atoms with E-state index in [4.69, 9.17) is 5.26 Å². The number of carbonyl (C=O) groups is 1. The first-order chi connectivity index (χ1) is 8.81. The third kappa shape index (κ3) is 3.45. The zero-order valence-corrected chi connectivity index (χ0v) is 12.1. The van der Waals surface area contributed by atoms with Gasteiger partial charge in [0.2, 0.25) is 0 Å². The van der Waals surface area contributed by atoms with Crippen LogP contribution in [-0.2, 0) is 4.74 Å². The Morgan fingerprint density at radius 1 is 1.16 bits per heavy atom. The van der Waals surface area contributed by atoms with Crippen molar-refractivity contribution in [1.29, 1.82) is 5.26 Å². The molecule has 0 saturated heterocycles. The van der Waals surface area contributed by atoms with Crippen molar-refractivity contribution < 1.29 is 9.53 Å². The fourth-order valence-electron chi connectivity index (χ4n) is 2.16. The van der Waals surface area contributed by atoms with E-state index < -0.39 is 0 Å². The lowest BCUT2D eigenvalue weighted by Crippen LogP contribution is -2.10. The number of allylic oxidation sites excluding steroid dienone is 2. The first-order valence-electron chi connectivity index (χ1n) is 6.11. The molecular formula is C16H19NO2. The Morgan fingerprint density at radius 3 is 2.00 bits per heavy atom. The quantitative estimate of drug-likeness (QED) is 0.598. The van der Waals surface area contributed by atoms with Crippen LogP contribution in [0.15, 0.2) is 29.8 Å². The number of benzene rings is 1. The number of hydrogen-bond acceptors (Lipinski definition) is 3. The summed E-state index contributed by atoms with van der Waals surface area (Å²) in [6.45, 7) is 8.01. The van der Waals surface area contributed by atoms with E-state index in [1.54, 1.807) is 12.1 Å². The van der Waals surface area contributed by atoms with Gasteiger partial charge in [-0.2, -0.15) is 5.26 Å². The summed E-state index contributed by atoms with van der Waals surface area (Å²) >= 11 is 0. The highest BCUT2D eigenvalue weighted by atomic mass is 16.5. The molecule has 0 spiro atoms. The van der Waals surface area contributed by atoms with Gasteiger partial charge in [0.05, 0.1) is 18.7 Å². The monoisotopic (exact) mass is 257 g/mol. The standard InChI is InChI=1S/C16H19NO2/c1-11(10-17)14(16(2,3)4)12-6-8-13(9-7-12)15(18)19-5/h6-9H,1-5H3/b14-11+. The summed E-state index contributed by atoms with van der Waals surface area (Å²) in [5.41, 5.74) is 3.02. The molecule has 19 heavy (non-hydrogen) atoms. The molecular weight excluding hydrogens is 238 g/mol. The number of ether oxygens (including phenoxy) is 1. The molecule has 0 fully saturated rings. The second kappa shape index (κ2) is 5.71. The number of hydrogen-bond donors (Lipinski definition) is 0. The van der Waals surface area contributed by atoms with Crippen LogP contribution in [0.3, 0.4) is 0 Å². The van der Waals surface area contributed by atoms with Gasteiger partial charge in [0.15, 0.2) is 0 Å². The molecule has 0 amide bonds. The third-order valence-electron chi connectivity index (χ3n) is 2.89. The molecule has 0 aliphatic heterocycles. The van der Waals surface area contributed by atoms with Crippen LogP contribution in [-0.4, -0.2) is 13.1 Å². The molecule has 3 nitrogen and oxygen atoms in total. The Hall–Kier alpha value is -2.08. The van der Waals surface area contributed by atoms with Crippen LogP contribution in [0, 0.1) is 16.7 Å². The lowest BCUT2D eigenvalue weighted by molar-refractivity contribution is 0.0600. The molecule has 0 unspecified atom stereocenters. The second-order valence-corrected chi connectivity index (χ2v) is 5.43. The molecule has 0 saturated carbocycles. The van der Waals surface area contributed by atoms with Gasteiger partial charge in [0, 0.05) is 5.57 Å². The Kier molecular flexibility index (Phi) is 4.50. The lowest BCUT2D eigenvalue weighted by atomic mass is 9.79. The van der Waals surface area contributed by atoms with E-state index in [0.29, 0.717) is 11.1 Å². The average Bonchev–Trinajstić information content (AvgIpc) is 2.37. The van der Waals surface area contributed by atoms with Crippen molar-refractivity contribution in [2.24, 2.45) is 5.41 Å². The number of rotatable bonds is 2. The zero-order chi connectivity index (χ0) is 14.6. The van der Waals surface area contributed by atoms with Crippen LogP contribution in [0.1, 0.15) is 43.6 Å². The van der Waals surface area contributed by atoms with Crippen molar-refractivity contribution in [3.8, 4) is 6.07 Å². The minimum atomic E-state index is -0.357. The van der Waals surface area contributed by atoms with Gasteiger partial charge in [-0.25, -0.2) is 4.79 Å². The highest BCUT2D eigenvalue weighted by Crippen LogP contribution is 2.36. The number of carbonyl (C=O) groups excluding carboxylic acids is 1. The van der Waals surface area contributed by atoms with Gasteiger partial charge >= 0.3 is 5.97 Å². The molecule has 0 heterocycles. The fraction of sp³-hybridized carbons (Fsp3) is 0.375. The number of esters is 1. The predicted octanol–water partition coefficient (Wildman–Crippen LogP) is 3.82. The fourth-order valence-corrected chi connectivity index (χ4v) is 2.16. The maximum absolute atomic E-state index is 11.4. The molecule has 0 aromatic heterocycles. The predicted molar refractivity (Wildman–Crippen MR) is 75.4 cm³/mol. The minimum absolute atomic E-state index is 0.132. The summed E-state index contributed by atoms with van der Waals surface area (Å²) in [5, 5.41) is 9.13. The molecule has 0 N–H and O–H groups in total. The lowest BCUT2D eigenvalue weighted by Gasteiger charge is -2.24. The third-order valence-corrected chi connectivity index (χ3v) is 2.89. The minimum Gasteiger partial charge on any atom is -0.465 e. The molecule has 1 aromatic rings. The van der Waals surface area contributed by atoms with Crippen LogP contribution < -0.4 is 0 Å². The van der Waals surface area contributed by atoms with Crippen molar-refractivity contribution in [2.45, 2.75) is 27.7 Å². The van der Waals surface area contributed by atoms with Gasteiger partial charge in [-0.05, 0) is 35.6 Å². The van der Waals surface area contributed by atoms with Crippen molar-refractivity contribution >= 4 is 11.5 Å². The van der Waals surface area contributed by atoms with Crippen LogP contribution in [0.25, 0.3) is 5.57 Å². The molecule has 3 heteroatoms. The summed E-state index contributed by atoms with van der Waals surface area (Å²) in [4.78, 5) is 11.4. The Balaban J connectivity index is 3.29. The van der Waals surface area contributed by atoms with Crippen molar-refractivity contribution in [2.75, 3.05) is 7.11 Å². The Morgan fingerprint density at radius 2 is 1.63 bits per heavy atom. The smallest absolute Gasteiger partial charge is 0.337 e. The summed E-state index contributed by atoms with van der Waals surface area (Å²) in [6, 6.07) is 9.36. The van der Waals surface area contributed by atoms with E-state index in [1.807, 2.05) is 19.1 Å². The van der Waals surface area contributed by atoms with Gasteiger partial charge in [-0.1, -0.05) is 32.9 Å². The molecule has 0 aliphatic carbocycles. The number of methoxy groups -OCH3 is 1. The van der Waals surface area contributed by atoms with Crippen LogP contribution in [0.4, 0.5) is 0 Å². The van der Waals surface area contributed by atoms with Gasteiger partial charge in [-0.15, -0.1) is 0 Å². The van der Waals surface area contributed by atoms with Gasteiger partial charge in [0.1, 0.15) is 0 Å². The summed E-state index contributed by atoms with van der Waals surface area (Å²) in [5.74, 6) is -0.357. The zero-order valence-electron chi connectivity index (χ0n) is 12.1. The van der Waals surface area contributed by atoms with E-state index in [-0.39, 0.29) is 11.4 Å². The summed E-state index contributed by atoms with van der Waals surface area (Å²) in [7, 11) is 1.36. The van der Waals surface area contributed by atoms with Crippen LogP contribution >= 0.6 is 0 Å². The maximum Gasteiger partial charge on any atom is 0.337 e. The van der Waals surface area contributed by atoms with Crippen molar-refractivity contribution in [3.63, 3.8) is 0 Å². The Labute approximate surface area is 114 Å². The van der Waals surface area contributed by atoms with E-state index in [2.05, 4.69) is 31.6 Å². The van der Waals surface area contributed by atoms with E-state index >= 15 is 0 Å².